The maximum absolute atomic E-state index is 12.7. The van der Waals surface area contributed by atoms with E-state index < -0.39 is 6.10 Å². The monoisotopic (exact) mass is 310 g/mol. The Bertz CT molecular complexity index is 496. The molecule has 1 N–H and O–H groups in total. The van der Waals surface area contributed by atoms with Crippen molar-refractivity contribution in [1.29, 1.82) is 0 Å². The molecule has 4 heteroatoms. The van der Waals surface area contributed by atoms with Crippen LogP contribution in [-0.4, -0.2) is 11.7 Å². The quantitative estimate of drug-likeness (QED) is 0.933. The van der Waals surface area contributed by atoms with Gasteiger partial charge in [-0.2, -0.15) is 0 Å². The van der Waals surface area contributed by atoms with Gasteiger partial charge in [0.25, 0.3) is 0 Å². The van der Waals surface area contributed by atoms with Crippen LogP contribution in [0.2, 0.25) is 0 Å². The maximum Gasteiger partial charge on any atom is 0.123 e. The van der Waals surface area contributed by atoms with Crippen LogP contribution in [0, 0.1) is 5.82 Å². The molecule has 2 nitrogen and oxygen atoms in total. The molecule has 0 amide bonds. The van der Waals surface area contributed by atoms with Crippen LogP contribution in [0.25, 0.3) is 0 Å². The van der Waals surface area contributed by atoms with Crippen LogP contribution in [0.1, 0.15) is 11.7 Å². The highest BCUT2D eigenvalue weighted by molar-refractivity contribution is 9.10. The molecule has 0 heterocycles. The van der Waals surface area contributed by atoms with Crippen molar-refractivity contribution in [3.8, 4) is 5.75 Å². The molecular formula is C14H12BrFO2. The Labute approximate surface area is 113 Å². The van der Waals surface area contributed by atoms with Crippen LogP contribution in [0.5, 0.6) is 5.75 Å². The first-order valence-corrected chi connectivity index (χ1v) is 6.26. The zero-order valence-electron chi connectivity index (χ0n) is 9.51. The summed E-state index contributed by atoms with van der Waals surface area (Å²) in [7, 11) is 0. The van der Waals surface area contributed by atoms with Crippen molar-refractivity contribution >= 4 is 15.9 Å². The van der Waals surface area contributed by atoms with Gasteiger partial charge in [0.2, 0.25) is 0 Å². The first kappa shape index (κ1) is 13.1. The van der Waals surface area contributed by atoms with E-state index >= 15 is 0 Å². The highest BCUT2D eigenvalue weighted by Gasteiger charge is 2.08. The third kappa shape index (κ3) is 3.55. The molecule has 0 bridgehead atoms. The number of benzene rings is 2. The van der Waals surface area contributed by atoms with Crippen LogP contribution in [-0.2, 0) is 0 Å². The van der Waals surface area contributed by atoms with Gasteiger partial charge in [0.15, 0.2) is 0 Å². The smallest absolute Gasteiger partial charge is 0.123 e. The fourth-order valence-corrected chi connectivity index (χ4v) is 1.75. The van der Waals surface area contributed by atoms with Crippen molar-refractivity contribution in [2.75, 3.05) is 6.61 Å². The summed E-state index contributed by atoms with van der Waals surface area (Å²) in [6.07, 6.45) is -0.705. The first-order chi connectivity index (χ1) is 8.65. The molecule has 2 rings (SSSR count). The molecule has 0 aliphatic rings. The zero-order valence-corrected chi connectivity index (χ0v) is 11.1. The molecule has 0 radical (unpaired) electrons. The molecule has 94 valence electrons. The standard InChI is InChI=1S/C14H12BrFO2/c15-11-3-1-10(2-4-11)14(17)9-18-13-7-5-12(16)6-8-13/h1-8,14,17H,9H2. The van der Waals surface area contributed by atoms with E-state index in [0.29, 0.717) is 5.75 Å². The Balaban J connectivity index is 1.93. The molecule has 1 unspecified atom stereocenters. The van der Waals surface area contributed by atoms with E-state index in [0.717, 1.165) is 10.0 Å². The van der Waals surface area contributed by atoms with Crippen LogP contribution in [0.3, 0.4) is 0 Å². The number of rotatable bonds is 4. The number of aliphatic hydroxyl groups is 1. The summed E-state index contributed by atoms with van der Waals surface area (Å²) in [6.45, 7) is 0.132. The van der Waals surface area contributed by atoms with Gasteiger partial charge in [-0.15, -0.1) is 0 Å². The molecular weight excluding hydrogens is 299 g/mol. The zero-order chi connectivity index (χ0) is 13.0. The lowest BCUT2D eigenvalue weighted by atomic mass is 10.1. The molecule has 2 aromatic rings. The van der Waals surface area contributed by atoms with Gasteiger partial charge in [0.1, 0.15) is 24.3 Å². The largest absolute Gasteiger partial charge is 0.491 e. The van der Waals surface area contributed by atoms with Crippen molar-refractivity contribution in [2.24, 2.45) is 0 Å². The highest BCUT2D eigenvalue weighted by atomic mass is 79.9. The second-order valence-corrected chi connectivity index (χ2v) is 4.75. The predicted octanol–water partition coefficient (Wildman–Crippen LogP) is 3.70. The van der Waals surface area contributed by atoms with Crippen molar-refractivity contribution in [2.45, 2.75) is 6.10 Å². The Morgan fingerprint density at radius 3 is 2.28 bits per heavy atom. The molecule has 0 saturated heterocycles. The van der Waals surface area contributed by atoms with Crippen molar-refractivity contribution in [1.82, 2.24) is 0 Å². The predicted molar refractivity (Wildman–Crippen MR) is 71.0 cm³/mol. The van der Waals surface area contributed by atoms with Gasteiger partial charge >= 0.3 is 0 Å². The van der Waals surface area contributed by atoms with E-state index in [-0.39, 0.29) is 12.4 Å². The van der Waals surface area contributed by atoms with E-state index in [4.69, 9.17) is 4.74 Å². The average molecular weight is 311 g/mol. The van der Waals surface area contributed by atoms with Gasteiger partial charge < -0.3 is 9.84 Å². The summed E-state index contributed by atoms with van der Waals surface area (Å²) in [5.74, 6) is 0.225. The number of aliphatic hydroxyl groups excluding tert-OH is 1. The van der Waals surface area contributed by atoms with E-state index in [1.165, 1.54) is 24.3 Å². The third-order valence-electron chi connectivity index (χ3n) is 2.48. The number of hydrogen-bond donors (Lipinski definition) is 1. The summed E-state index contributed by atoms with van der Waals surface area (Å²) in [6, 6.07) is 13.1. The fraction of sp³-hybridized carbons (Fsp3) is 0.143. The van der Waals surface area contributed by atoms with Gasteiger partial charge in [-0.25, -0.2) is 4.39 Å². The summed E-state index contributed by atoms with van der Waals surface area (Å²) < 4.78 is 19.0. The minimum Gasteiger partial charge on any atom is -0.491 e. The van der Waals surface area contributed by atoms with Crippen molar-refractivity contribution in [3.05, 3.63) is 64.4 Å². The van der Waals surface area contributed by atoms with Gasteiger partial charge in [0.05, 0.1) is 0 Å². The lowest BCUT2D eigenvalue weighted by Crippen LogP contribution is -2.09. The van der Waals surface area contributed by atoms with Crippen LogP contribution in [0.15, 0.2) is 53.0 Å². The van der Waals surface area contributed by atoms with Gasteiger partial charge in [-0.3, -0.25) is 0 Å². The van der Waals surface area contributed by atoms with E-state index in [1.807, 2.05) is 24.3 Å². The van der Waals surface area contributed by atoms with Gasteiger partial charge in [0, 0.05) is 4.47 Å². The Kier molecular flexibility index (Phi) is 4.33. The topological polar surface area (TPSA) is 29.5 Å². The molecule has 0 spiro atoms. The van der Waals surface area contributed by atoms with Crippen LogP contribution >= 0.6 is 15.9 Å². The molecule has 0 saturated carbocycles. The Morgan fingerprint density at radius 1 is 1.06 bits per heavy atom. The Morgan fingerprint density at radius 2 is 1.67 bits per heavy atom. The molecule has 0 aromatic heterocycles. The fourth-order valence-electron chi connectivity index (χ4n) is 1.49. The minimum absolute atomic E-state index is 0.132. The lowest BCUT2D eigenvalue weighted by molar-refractivity contribution is 0.108. The summed E-state index contributed by atoms with van der Waals surface area (Å²) in [5, 5.41) is 9.91. The number of hydrogen-bond acceptors (Lipinski definition) is 2. The molecule has 0 aliphatic carbocycles. The highest BCUT2D eigenvalue weighted by Crippen LogP contribution is 2.19. The molecule has 1 atom stereocenters. The van der Waals surface area contributed by atoms with E-state index in [1.54, 1.807) is 0 Å². The molecule has 18 heavy (non-hydrogen) atoms. The third-order valence-corrected chi connectivity index (χ3v) is 3.00. The normalized spacial score (nSPS) is 12.2. The summed E-state index contributed by atoms with van der Waals surface area (Å²) in [5.41, 5.74) is 0.778. The van der Waals surface area contributed by atoms with E-state index in [2.05, 4.69) is 15.9 Å². The summed E-state index contributed by atoms with van der Waals surface area (Å²) >= 11 is 3.33. The second kappa shape index (κ2) is 5.98. The maximum atomic E-state index is 12.7. The second-order valence-electron chi connectivity index (χ2n) is 3.83. The average Bonchev–Trinajstić information content (AvgIpc) is 2.38. The summed E-state index contributed by atoms with van der Waals surface area (Å²) in [4.78, 5) is 0. The first-order valence-electron chi connectivity index (χ1n) is 5.47. The van der Waals surface area contributed by atoms with Crippen molar-refractivity contribution in [3.63, 3.8) is 0 Å². The number of halogens is 2. The van der Waals surface area contributed by atoms with Crippen LogP contribution in [0.4, 0.5) is 4.39 Å². The molecule has 0 fully saturated rings. The minimum atomic E-state index is -0.705. The van der Waals surface area contributed by atoms with Crippen LogP contribution < -0.4 is 4.74 Å². The van der Waals surface area contributed by atoms with Gasteiger partial charge in [-0.1, -0.05) is 28.1 Å². The SMILES string of the molecule is OC(COc1ccc(F)cc1)c1ccc(Br)cc1. The molecule has 0 aliphatic heterocycles. The lowest BCUT2D eigenvalue weighted by Gasteiger charge is -2.12. The molecule has 2 aromatic carbocycles. The van der Waals surface area contributed by atoms with E-state index in [9.17, 15) is 9.50 Å². The van der Waals surface area contributed by atoms with Crippen molar-refractivity contribution < 1.29 is 14.2 Å². The van der Waals surface area contributed by atoms with Gasteiger partial charge in [-0.05, 0) is 42.0 Å². The number of ether oxygens (including phenoxy) is 1. The Hall–Kier alpha value is -1.39.